The molecule has 2 aliphatic heterocycles. The van der Waals surface area contributed by atoms with Crippen LogP contribution in [0.15, 0.2) is 23.2 Å². The maximum atomic E-state index is 14.0. The number of hydrogen-bond donors (Lipinski definition) is 3. The second kappa shape index (κ2) is 9.83. The number of nitrogens with one attached hydrogen (secondary N) is 2. The molecule has 1 aromatic rings. The van der Waals surface area contributed by atoms with Gasteiger partial charge in [0.05, 0.1) is 31.8 Å². The van der Waals surface area contributed by atoms with Gasteiger partial charge < -0.3 is 25.4 Å². The molecular weight excluding hydrogens is 469 g/mol. The predicted octanol–water partition coefficient (Wildman–Crippen LogP) is 1.73. The average molecular weight is 496 g/mol. The number of rotatable bonds is 6. The zero-order valence-corrected chi connectivity index (χ0v) is 17.7. The van der Waals surface area contributed by atoms with Gasteiger partial charge in [-0.25, -0.2) is 8.78 Å². The summed E-state index contributed by atoms with van der Waals surface area (Å²) < 4.78 is 33.1. The summed E-state index contributed by atoms with van der Waals surface area (Å²) in [4.78, 5) is 6.29. The number of aliphatic imine (C=N–C) groups is 1. The minimum Gasteiger partial charge on any atom is -0.396 e. The van der Waals surface area contributed by atoms with Crippen molar-refractivity contribution >= 4 is 35.6 Å². The number of aliphatic hydroxyl groups excluding tert-OH is 1. The van der Waals surface area contributed by atoms with E-state index >= 15 is 0 Å². The van der Waals surface area contributed by atoms with Gasteiger partial charge in [-0.3, -0.25) is 4.99 Å². The van der Waals surface area contributed by atoms with Gasteiger partial charge in [0.2, 0.25) is 0 Å². The third-order valence-electron chi connectivity index (χ3n) is 4.85. The zero-order chi connectivity index (χ0) is 18.6. The van der Waals surface area contributed by atoms with Gasteiger partial charge in [-0.2, -0.15) is 0 Å². The zero-order valence-electron chi connectivity index (χ0n) is 15.4. The summed E-state index contributed by atoms with van der Waals surface area (Å²) in [6.45, 7) is 5.27. The average Bonchev–Trinajstić information content (AvgIpc) is 3.02. The van der Waals surface area contributed by atoms with Crippen LogP contribution in [0.3, 0.4) is 0 Å². The molecular formula is C18H27F2IN4O2. The molecule has 1 atom stereocenters. The summed E-state index contributed by atoms with van der Waals surface area (Å²) in [5.41, 5.74) is -0.259. The predicted molar refractivity (Wildman–Crippen MR) is 112 cm³/mol. The number of aliphatic hydroxyl groups is 1. The molecule has 0 amide bonds. The molecule has 0 aliphatic carbocycles. The molecule has 27 heavy (non-hydrogen) atoms. The van der Waals surface area contributed by atoms with Crippen molar-refractivity contribution in [3.05, 3.63) is 29.8 Å². The fourth-order valence-corrected chi connectivity index (χ4v) is 3.26. The normalized spacial score (nSPS) is 21.4. The Kier molecular flexibility index (Phi) is 8.04. The highest BCUT2D eigenvalue weighted by Gasteiger charge is 2.38. The van der Waals surface area contributed by atoms with E-state index in [2.05, 4.69) is 15.6 Å². The first-order valence-electron chi connectivity index (χ1n) is 8.99. The topological polar surface area (TPSA) is 69.1 Å². The van der Waals surface area contributed by atoms with Crippen molar-refractivity contribution in [2.24, 2.45) is 10.4 Å². The van der Waals surface area contributed by atoms with E-state index in [-0.39, 0.29) is 47.7 Å². The quantitative estimate of drug-likeness (QED) is 0.318. The maximum Gasteiger partial charge on any atom is 0.191 e. The Balaban J connectivity index is 0.00000261. The molecule has 1 aromatic carbocycles. The van der Waals surface area contributed by atoms with Gasteiger partial charge in [0.1, 0.15) is 17.3 Å². The Bertz CT molecular complexity index is 632. The number of para-hydroxylation sites is 1. The summed E-state index contributed by atoms with van der Waals surface area (Å²) in [5, 5.41) is 16.0. The Labute approximate surface area is 175 Å². The van der Waals surface area contributed by atoms with Crippen LogP contribution >= 0.6 is 24.0 Å². The van der Waals surface area contributed by atoms with Crippen molar-refractivity contribution in [1.82, 2.24) is 10.6 Å². The van der Waals surface area contributed by atoms with Crippen LogP contribution in [0, 0.1) is 17.0 Å². The van der Waals surface area contributed by atoms with Crippen molar-refractivity contribution in [2.45, 2.75) is 19.4 Å². The molecule has 9 heteroatoms. The summed E-state index contributed by atoms with van der Waals surface area (Å²) in [6, 6.07) is 3.96. The van der Waals surface area contributed by atoms with Gasteiger partial charge in [0.25, 0.3) is 0 Å². The van der Waals surface area contributed by atoms with E-state index in [9.17, 15) is 13.9 Å². The highest BCUT2D eigenvalue weighted by Crippen LogP contribution is 2.28. The molecule has 6 nitrogen and oxygen atoms in total. The lowest BCUT2D eigenvalue weighted by Gasteiger charge is -2.38. The van der Waals surface area contributed by atoms with Gasteiger partial charge in [-0.05, 0) is 25.5 Å². The van der Waals surface area contributed by atoms with Crippen LogP contribution in [0.5, 0.6) is 0 Å². The number of anilines is 1. The number of guanidine groups is 1. The highest BCUT2D eigenvalue weighted by atomic mass is 127. The number of hydrogen-bond acceptors (Lipinski definition) is 4. The van der Waals surface area contributed by atoms with Crippen molar-refractivity contribution in [3.63, 3.8) is 0 Å². The van der Waals surface area contributed by atoms with Crippen LogP contribution in [0.1, 0.15) is 13.3 Å². The highest BCUT2D eigenvalue weighted by molar-refractivity contribution is 14.0. The molecule has 0 aromatic heterocycles. The van der Waals surface area contributed by atoms with E-state index in [0.717, 1.165) is 6.42 Å². The largest absolute Gasteiger partial charge is 0.396 e. The monoisotopic (exact) mass is 496 g/mol. The van der Waals surface area contributed by atoms with Crippen molar-refractivity contribution in [3.8, 4) is 0 Å². The fourth-order valence-electron chi connectivity index (χ4n) is 3.26. The van der Waals surface area contributed by atoms with E-state index < -0.39 is 11.6 Å². The second-order valence-electron chi connectivity index (χ2n) is 6.99. The van der Waals surface area contributed by atoms with Gasteiger partial charge in [0.15, 0.2) is 5.96 Å². The van der Waals surface area contributed by atoms with Crippen LogP contribution < -0.4 is 15.5 Å². The molecule has 2 heterocycles. The third kappa shape index (κ3) is 5.20. The standard InChI is InChI=1S/C18H26F2N4O2.HI/c1-2-21-17(22-9-18(10-25)11-26-12-18)23-13-6-7-24(8-13)16-14(19)4-3-5-15(16)20;/h3-5,13,25H,2,6-12H2,1H3,(H2,21,22,23);1H. The second-order valence-corrected chi connectivity index (χ2v) is 6.99. The lowest BCUT2D eigenvalue weighted by Crippen LogP contribution is -2.50. The van der Waals surface area contributed by atoms with Crippen LogP contribution in [0.25, 0.3) is 0 Å². The Morgan fingerprint density at radius 3 is 2.63 bits per heavy atom. The molecule has 2 aliphatic rings. The number of ether oxygens (including phenoxy) is 1. The summed E-state index contributed by atoms with van der Waals surface area (Å²) in [6.07, 6.45) is 0.756. The number of nitrogens with zero attached hydrogens (tertiary/aromatic N) is 2. The molecule has 2 fully saturated rings. The first-order valence-corrected chi connectivity index (χ1v) is 8.99. The Morgan fingerprint density at radius 1 is 1.37 bits per heavy atom. The number of halogens is 3. The lowest BCUT2D eigenvalue weighted by molar-refractivity contribution is -0.130. The van der Waals surface area contributed by atoms with Crippen molar-refractivity contribution in [2.75, 3.05) is 50.9 Å². The lowest BCUT2D eigenvalue weighted by atomic mass is 9.87. The number of benzene rings is 1. The van der Waals surface area contributed by atoms with E-state index in [0.29, 0.717) is 45.4 Å². The first kappa shape index (κ1) is 22.1. The molecule has 0 bridgehead atoms. The smallest absolute Gasteiger partial charge is 0.191 e. The van der Waals surface area contributed by atoms with Crippen LogP contribution in [-0.2, 0) is 4.74 Å². The molecule has 2 saturated heterocycles. The molecule has 0 saturated carbocycles. The van der Waals surface area contributed by atoms with Crippen molar-refractivity contribution < 1.29 is 18.6 Å². The molecule has 152 valence electrons. The summed E-state index contributed by atoms with van der Waals surface area (Å²) in [5.74, 6) is -0.435. The fraction of sp³-hybridized carbons (Fsp3) is 0.611. The minimum absolute atomic E-state index is 0. The van der Waals surface area contributed by atoms with Crippen LogP contribution in [0.2, 0.25) is 0 Å². The van der Waals surface area contributed by atoms with Gasteiger partial charge in [-0.15, -0.1) is 24.0 Å². The minimum atomic E-state index is -0.541. The molecule has 3 N–H and O–H groups in total. The molecule has 0 radical (unpaired) electrons. The maximum absolute atomic E-state index is 14.0. The van der Waals surface area contributed by atoms with Crippen LogP contribution in [0.4, 0.5) is 14.5 Å². The summed E-state index contributed by atoms with van der Waals surface area (Å²) in [7, 11) is 0. The van der Waals surface area contributed by atoms with E-state index in [1.54, 1.807) is 4.90 Å². The first-order chi connectivity index (χ1) is 12.6. The van der Waals surface area contributed by atoms with E-state index in [1.807, 2.05) is 6.92 Å². The van der Waals surface area contributed by atoms with Crippen LogP contribution in [-0.4, -0.2) is 63.1 Å². The van der Waals surface area contributed by atoms with E-state index in [1.165, 1.54) is 18.2 Å². The molecule has 1 unspecified atom stereocenters. The van der Waals surface area contributed by atoms with Gasteiger partial charge in [-0.1, -0.05) is 6.07 Å². The molecule has 3 rings (SSSR count). The van der Waals surface area contributed by atoms with Crippen molar-refractivity contribution in [1.29, 1.82) is 0 Å². The Morgan fingerprint density at radius 2 is 2.07 bits per heavy atom. The van der Waals surface area contributed by atoms with Gasteiger partial charge >= 0.3 is 0 Å². The Hall–Kier alpha value is -1.20. The SMILES string of the molecule is CCNC(=NCC1(CO)COC1)NC1CCN(c2c(F)cccc2F)C1.I. The summed E-state index contributed by atoms with van der Waals surface area (Å²) >= 11 is 0. The van der Waals surface area contributed by atoms with E-state index in [4.69, 9.17) is 4.74 Å². The van der Waals surface area contributed by atoms with Gasteiger partial charge in [0, 0.05) is 25.7 Å². The molecule has 0 spiro atoms. The third-order valence-corrected chi connectivity index (χ3v) is 4.85.